The third-order valence-corrected chi connectivity index (χ3v) is 4.08. The molecule has 0 bridgehead atoms. The highest BCUT2D eigenvalue weighted by atomic mass is 16.4. The maximum absolute atomic E-state index is 11.0. The summed E-state index contributed by atoms with van der Waals surface area (Å²) < 4.78 is 0. The van der Waals surface area contributed by atoms with E-state index in [2.05, 4.69) is 30.9 Å². The van der Waals surface area contributed by atoms with Crippen molar-refractivity contribution in [1.29, 1.82) is 0 Å². The van der Waals surface area contributed by atoms with Gasteiger partial charge in [0.05, 0.1) is 0 Å². The molecule has 2 unspecified atom stereocenters. The maximum Gasteiger partial charge on any atom is 0.324 e. The molecule has 0 amide bonds. The van der Waals surface area contributed by atoms with Crippen molar-refractivity contribution in [2.24, 2.45) is 5.73 Å². The zero-order valence-electron chi connectivity index (χ0n) is 11.6. The first-order valence-corrected chi connectivity index (χ1v) is 6.84. The SMILES string of the molecule is CCN(CC)Cc1ccc(C2CC2(N)C(=O)O)cc1. The average Bonchev–Trinajstić information content (AvgIpc) is 3.10. The summed E-state index contributed by atoms with van der Waals surface area (Å²) in [5.41, 5.74) is 7.07. The van der Waals surface area contributed by atoms with Crippen LogP contribution in [0.25, 0.3) is 0 Å². The van der Waals surface area contributed by atoms with Crippen molar-refractivity contribution in [2.75, 3.05) is 13.1 Å². The summed E-state index contributed by atoms with van der Waals surface area (Å²) in [6.45, 7) is 7.30. The van der Waals surface area contributed by atoms with E-state index < -0.39 is 11.5 Å². The van der Waals surface area contributed by atoms with Crippen LogP contribution in [0.5, 0.6) is 0 Å². The minimum absolute atomic E-state index is 0.0347. The quantitative estimate of drug-likeness (QED) is 0.820. The number of nitrogens with zero attached hydrogens (tertiary/aromatic N) is 1. The summed E-state index contributed by atoms with van der Waals surface area (Å²) in [7, 11) is 0. The van der Waals surface area contributed by atoms with Crippen LogP contribution in [0.15, 0.2) is 24.3 Å². The lowest BCUT2D eigenvalue weighted by Gasteiger charge is -2.18. The van der Waals surface area contributed by atoms with Crippen molar-refractivity contribution in [2.45, 2.75) is 38.3 Å². The minimum atomic E-state index is -1.04. The van der Waals surface area contributed by atoms with Crippen LogP contribution >= 0.6 is 0 Å². The number of hydrogen-bond acceptors (Lipinski definition) is 3. The highest BCUT2D eigenvalue weighted by Gasteiger charge is 2.58. The van der Waals surface area contributed by atoms with E-state index in [1.165, 1.54) is 5.56 Å². The summed E-state index contributed by atoms with van der Waals surface area (Å²) in [6.07, 6.45) is 0.539. The normalized spacial score (nSPS) is 25.6. The minimum Gasteiger partial charge on any atom is -0.480 e. The largest absolute Gasteiger partial charge is 0.480 e. The lowest BCUT2D eigenvalue weighted by Crippen LogP contribution is -2.34. The number of aliphatic carboxylic acids is 1. The third-order valence-electron chi connectivity index (χ3n) is 4.08. The summed E-state index contributed by atoms with van der Waals surface area (Å²) in [5.74, 6) is -0.933. The van der Waals surface area contributed by atoms with E-state index in [1.54, 1.807) is 0 Å². The van der Waals surface area contributed by atoms with E-state index in [-0.39, 0.29) is 5.92 Å². The second kappa shape index (κ2) is 5.31. The van der Waals surface area contributed by atoms with E-state index in [9.17, 15) is 4.79 Å². The molecule has 1 aromatic carbocycles. The molecular weight excluding hydrogens is 240 g/mol. The van der Waals surface area contributed by atoms with Crippen LogP contribution in [-0.4, -0.2) is 34.6 Å². The molecule has 4 heteroatoms. The number of benzene rings is 1. The fraction of sp³-hybridized carbons (Fsp3) is 0.533. The lowest BCUT2D eigenvalue weighted by atomic mass is 10.0. The van der Waals surface area contributed by atoms with Gasteiger partial charge in [-0.05, 0) is 30.6 Å². The van der Waals surface area contributed by atoms with Gasteiger partial charge in [0, 0.05) is 12.5 Å². The van der Waals surface area contributed by atoms with Crippen LogP contribution in [0.2, 0.25) is 0 Å². The molecule has 0 heterocycles. The van der Waals surface area contributed by atoms with Gasteiger partial charge in [0.1, 0.15) is 5.54 Å². The van der Waals surface area contributed by atoms with Gasteiger partial charge in [0.25, 0.3) is 0 Å². The number of carboxylic acid groups (broad SMARTS) is 1. The molecule has 1 aliphatic rings. The summed E-state index contributed by atoms with van der Waals surface area (Å²) in [5, 5.41) is 9.05. The Hall–Kier alpha value is -1.39. The second-order valence-corrected chi connectivity index (χ2v) is 5.31. The summed E-state index contributed by atoms with van der Waals surface area (Å²) in [4.78, 5) is 13.4. The van der Waals surface area contributed by atoms with Crippen molar-refractivity contribution >= 4 is 5.97 Å². The standard InChI is InChI=1S/C15H22N2O2/c1-3-17(4-2)10-11-5-7-12(8-6-11)13-9-15(13,16)14(18)19/h5-8,13H,3-4,9-10,16H2,1-2H3,(H,18,19). The zero-order valence-corrected chi connectivity index (χ0v) is 11.6. The Bertz CT molecular complexity index is 454. The van der Waals surface area contributed by atoms with Gasteiger partial charge in [-0.3, -0.25) is 9.69 Å². The number of hydrogen-bond donors (Lipinski definition) is 2. The average molecular weight is 262 g/mol. The Morgan fingerprint density at radius 3 is 2.37 bits per heavy atom. The van der Waals surface area contributed by atoms with Crippen molar-refractivity contribution in [3.8, 4) is 0 Å². The molecule has 2 rings (SSSR count). The van der Waals surface area contributed by atoms with E-state index in [4.69, 9.17) is 10.8 Å². The number of rotatable bonds is 6. The molecule has 19 heavy (non-hydrogen) atoms. The molecule has 1 aromatic rings. The molecule has 104 valence electrons. The van der Waals surface area contributed by atoms with E-state index >= 15 is 0 Å². The van der Waals surface area contributed by atoms with Crippen LogP contribution in [-0.2, 0) is 11.3 Å². The molecule has 1 aliphatic carbocycles. The Kier molecular flexibility index (Phi) is 3.92. The molecule has 2 atom stereocenters. The van der Waals surface area contributed by atoms with Crippen molar-refractivity contribution in [1.82, 2.24) is 4.90 Å². The summed E-state index contributed by atoms with van der Waals surface area (Å²) in [6, 6.07) is 8.19. The van der Waals surface area contributed by atoms with Gasteiger partial charge in [0.2, 0.25) is 0 Å². The summed E-state index contributed by atoms with van der Waals surface area (Å²) >= 11 is 0. The van der Waals surface area contributed by atoms with Crippen LogP contribution in [0, 0.1) is 0 Å². The lowest BCUT2D eigenvalue weighted by molar-refractivity contribution is -0.139. The monoisotopic (exact) mass is 262 g/mol. The molecule has 4 nitrogen and oxygen atoms in total. The topological polar surface area (TPSA) is 66.6 Å². The maximum atomic E-state index is 11.0. The molecule has 0 saturated heterocycles. The molecule has 0 radical (unpaired) electrons. The number of nitrogens with two attached hydrogens (primary N) is 1. The van der Waals surface area contributed by atoms with Gasteiger partial charge >= 0.3 is 5.97 Å². The Morgan fingerprint density at radius 2 is 1.95 bits per heavy atom. The highest BCUT2D eigenvalue weighted by molar-refractivity contribution is 5.84. The molecule has 0 aromatic heterocycles. The predicted molar refractivity (Wildman–Crippen MR) is 75.0 cm³/mol. The fourth-order valence-corrected chi connectivity index (χ4v) is 2.49. The van der Waals surface area contributed by atoms with Crippen molar-refractivity contribution < 1.29 is 9.90 Å². The van der Waals surface area contributed by atoms with Gasteiger partial charge in [-0.1, -0.05) is 38.1 Å². The Balaban J connectivity index is 2.02. The molecule has 3 N–H and O–H groups in total. The van der Waals surface area contributed by atoms with E-state index in [0.717, 1.165) is 25.2 Å². The van der Waals surface area contributed by atoms with Gasteiger partial charge in [-0.2, -0.15) is 0 Å². The first-order chi connectivity index (χ1) is 9.01. The number of carbonyl (C=O) groups is 1. The van der Waals surface area contributed by atoms with Crippen molar-refractivity contribution in [3.63, 3.8) is 0 Å². The van der Waals surface area contributed by atoms with E-state index in [0.29, 0.717) is 6.42 Å². The van der Waals surface area contributed by atoms with Gasteiger partial charge in [-0.25, -0.2) is 0 Å². The van der Waals surface area contributed by atoms with Crippen LogP contribution < -0.4 is 5.73 Å². The molecule has 1 saturated carbocycles. The van der Waals surface area contributed by atoms with Crippen molar-refractivity contribution in [3.05, 3.63) is 35.4 Å². The molecule has 1 fully saturated rings. The van der Waals surface area contributed by atoms with Gasteiger partial charge < -0.3 is 10.8 Å². The first kappa shape index (κ1) is 14.0. The zero-order chi connectivity index (χ0) is 14.0. The van der Waals surface area contributed by atoms with Crippen LogP contribution in [0.1, 0.15) is 37.3 Å². The molecule has 0 spiro atoms. The second-order valence-electron chi connectivity index (χ2n) is 5.31. The Labute approximate surface area is 114 Å². The van der Waals surface area contributed by atoms with Gasteiger partial charge in [0.15, 0.2) is 0 Å². The van der Waals surface area contributed by atoms with E-state index in [1.807, 2.05) is 12.1 Å². The predicted octanol–water partition coefficient (Wildman–Crippen LogP) is 1.80. The molecule has 0 aliphatic heterocycles. The smallest absolute Gasteiger partial charge is 0.324 e. The molecular formula is C15H22N2O2. The first-order valence-electron chi connectivity index (χ1n) is 6.84. The van der Waals surface area contributed by atoms with Gasteiger partial charge in [-0.15, -0.1) is 0 Å². The number of carboxylic acids is 1. The Morgan fingerprint density at radius 1 is 1.37 bits per heavy atom. The fourth-order valence-electron chi connectivity index (χ4n) is 2.49. The van der Waals surface area contributed by atoms with Crippen LogP contribution in [0.4, 0.5) is 0 Å². The highest BCUT2D eigenvalue weighted by Crippen LogP contribution is 2.49. The van der Waals surface area contributed by atoms with Crippen LogP contribution in [0.3, 0.4) is 0 Å². The third kappa shape index (κ3) is 2.80.